The maximum atomic E-state index is 12.3. The molecule has 0 aromatic heterocycles. The predicted octanol–water partition coefficient (Wildman–Crippen LogP) is 0.689. The number of esters is 2. The fraction of sp³-hybridized carbons (Fsp3) is 0.600. The number of hydrogen-bond acceptors (Lipinski definition) is 7. The van der Waals surface area contributed by atoms with E-state index in [0.29, 0.717) is 0 Å². The second-order valence-electron chi connectivity index (χ2n) is 6.57. The van der Waals surface area contributed by atoms with Gasteiger partial charge in [-0.15, -0.1) is 0 Å². The van der Waals surface area contributed by atoms with Gasteiger partial charge in [0.05, 0.1) is 23.0 Å². The van der Waals surface area contributed by atoms with Gasteiger partial charge in [-0.3, -0.25) is 0 Å². The summed E-state index contributed by atoms with van der Waals surface area (Å²) < 4.78 is 43.5. The summed E-state index contributed by atoms with van der Waals surface area (Å²) >= 11 is 0. The van der Waals surface area contributed by atoms with Crippen LogP contribution < -0.4 is 51.4 Å². The van der Waals surface area contributed by atoms with Crippen LogP contribution in [0.4, 0.5) is 0 Å². The molecule has 1 rings (SSSR count). The Morgan fingerprint density at radius 1 is 0.931 bits per heavy atom. The van der Waals surface area contributed by atoms with Crippen LogP contribution >= 0.6 is 0 Å². The van der Waals surface area contributed by atoms with Crippen molar-refractivity contribution in [3.8, 4) is 0 Å². The zero-order valence-electron chi connectivity index (χ0n) is 17.5. The molecule has 0 saturated carbocycles. The van der Waals surface area contributed by atoms with Gasteiger partial charge >= 0.3 is 63.3 Å². The third-order valence-corrected chi connectivity index (χ3v) is 5.65. The minimum absolute atomic E-state index is 0. The topological polar surface area (TPSA) is 110 Å². The fourth-order valence-corrected chi connectivity index (χ4v) is 3.26. The summed E-state index contributed by atoms with van der Waals surface area (Å²) in [7, 11) is -4.56. The Hall–Kier alpha value is -0.294. The third-order valence-electron chi connectivity index (χ3n) is 4.36. The van der Waals surface area contributed by atoms with Gasteiger partial charge in [-0.2, -0.15) is 0 Å². The first-order valence-corrected chi connectivity index (χ1v) is 11.2. The Kier molecular flexibility index (Phi) is 15.3. The molecule has 1 aromatic rings. The van der Waals surface area contributed by atoms with Gasteiger partial charge in [0.2, 0.25) is 0 Å². The van der Waals surface area contributed by atoms with Gasteiger partial charge in [0.15, 0.2) is 0 Å². The Bertz CT molecular complexity index is 734. The van der Waals surface area contributed by atoms with Gasteiger partial charge in [0, 0.05) is 0 Å². The molecule has 1 aromatic carbocycles. The Morgan fingerprint density at radius 3 is 1.97 bits per heavy atom. The zero-order chi connectivity index (χ0) is 21.0. The molecule has 0 aliphatic rings. The fourth-order valence-electron chi connectivity index (χ4n) is 2.62. The second kappa shape index (κ2) is 15.5. The van der Waals surface area contributed by atoms with Crippen LogP contribution in [0.2, 0.25) is 0 Å². The van der Waals surface area contributed by atoms with E-state index in [4.69, 9.17) is 9.47 Å². The molecule has 9 heteroatoms. The van der Waals surface area contributed by atoms with Crippen molar-refractivity contribution >= 4 is 22.1 Å². The van der Waals surface area contributed by atoms with Crippen molar-refractivity contribution in [3.63, 3.8) is 0 Å². The van der Waals surface area contributed by atoms with Gasteiger partial charge in [0.1, 0.15) is 16.7 Å². The van der Waals surface area contributed by atoms with Crippen molar-refractivity contribution in [2.24, 2.45) is 0 Å². The number of rotatable bonds is 13. The van der Waals surface area contributed by atoms with Crippen molar-refractivity contribution in [1.82, 2.24) is 0 Å². The van der Waals surface area contributed by atoms with E-state index in [0.717, 1.165) is 25.7 Å². The monoisotopic (exact) mass is 452 g/mol. The maximum Gasteiger partial charge on any atom is 1.00 e. The van der Waals surface area contributed by atoms with Crippen molar-refractivity contribution in [2.75, 3.05) is 13.2 Å². The van der Waals surface area contributed by atoms with Gasteiger partial charge < -0.3 is 14.0 Å². The summed E-state index contributed by atoms with van der Waals surface area (Å²) in [5.74, 6) is -1.50. The predicted molar refractivity (Wildman–Crippen MR) is 104 cm³/mol. The average Bonchev–Trinajstić information content (AvgIpc) is 2.66. The molecule has 7 nitrogen and oxygen atoms in total. The summed E-state index contributed by atoms with van der Waals surface area (Å²) in [5.41, 5.74) is 0.0325. The zero-order valence-corrected chi connectivity index (χ0v) is 21.5. The summed E-state index contributed by atoms with van der Waals surface area (Å²) in [6.07, 6.45) is 6.37. The second-order valence-corrected chi connectivity index (χ2v) is 8.22. The van der Waals surface area contributed by atoms with Crippen LogP contribution in [0.5, 0.6) is 0 Å². The van der Waals surface area contributed by atoms with Crippen LogP contribution in [-0.4, -0.2) is 43.4 Å². The van der Waals surface area contributed by atoms with Crippen LogP contribution in [0.1, 0.15) is 79.5 Å². The molecule has 0 radical (unpaired) electrons. The summed E-state index contributed by atoms with van der Waals surface area (Å²) in [6, 6.07) is 6.00. The van der Waals surface area contributed by atoms with Crippen LogP contribution in [0.15, 0.2) is 24.3 Å². The van der Waals surface area contributed by atoms with Crippen LogP contribution in [0.25, 0.3) is 0 Å². The van der Waals surface area contributed by atoms with E-state index in [1.807, 2.05) is 0 Å². The van der Waals surface area contributed by atoms with Gasteiger partial charge in [0.25, 0.3) is 0 Å². The summed E-state index contributed by atoms with van der Waals surface area (Å²) in [4.78, 5) is 24.5. The van der Waals surface area contributed by atoms with E-state index in [2.05, 4.69) is 6.92 Å². The molecule has 0 spiro atoms. The first-order chi connectivity index (χ1) is 13.3. The SMILES string of the molecule is CCCCCCCCOC(=O)c1ccccc1C(=O)OCC(CC)S(=O)(=O)[O-].[K+]. The molecule has 158 valence electrons. The summed E-state index contributed by atoms with van der Waals surface area (Å²) in [5, 5.41) is -1.32. The Labute approximate surface area is 216 Å². The van der Waals surface area contributed by atoms with Crippen LogP contribution in [-0.2, 0) is 19.6 Å². The Morgan fingerprint density at radius 2 is 1.45 bits per heavy atom. The molecule has 1 atom stereocenters. The minimum atomic E-state index is -4.56. The van der Waals surface area contributed by atoms with E-state index in [9.17, 15) is 22.6 Å². The molecular weight excluding hydrogens is 423 g/mol. The van der Waals surface area contributed by atoms with Gasteiger partial charge in [-0.05, 0) is 25.0 Å². The molecule has 0 saturated heterocycles. The van der Waals surface area contributed by atoms with E-state index in [1.165, 1.54) is 31.9 Å². The Balaban J connectivity index is 0.00000784. The molecule has 29 heavy (non-hydrogen) atoms. The molecule has 0 amide bonds. The molecule has 0 aliphatic carbocycles. The smallest absolute Gasteiger partial charge is 0.748 e. The summed E-state index contributed by atoms with van der Waals surface area (Å²) in [6.45, 7) is 3.37. The van der Waals surface area contributed by atoms with E-state index >= 15 is 0 Å². The molecule has 0 heterocycles. The number of hydrogen-bond donors (Lipinski definition) is 0. The maximum absolute atomic E-state index is 12.3. The number of ether oxygens (including phenoxy) is 2. The number of unbranched alkanes of at least 4 members (excludes halogenated alkanes) is 5. The van der Waals surface area contributed by atoms with Gasteiger partial charge in [-0.25, -0.2) is 18.0 Å². The standard InChI is InChI=1S/C20H30O7S.K/c1-3-5-6-7-8-11-14-26-19(21)17-12-9-10-13-18(17)20(22)27-15-16(4-2)28(23,24)25;/h9-10,12-13,16H,3-8,11,14-15H2,1-2H3,(H,23,24,25);/q;+1/p-1. The molecule has 0 N–H and O–H groups in total. The van der Waals surface area contributed by atoms with Crippen molar-refractivity contribution in [2.45, 2.75) is 64.0 Å². The molecule has 0 aliphatic heterocycles. The number of carbonyl (C=O) groups excluding carboxylic acids is 2. The quantitative estimate of drug-likeness (QED) is 0.187. The van der Waals surface area contributed by atoms with Gasteiger partial charge in [-0.1, -0.05) is 58.1 Å². The molecule has 1 unspecified atom stereocenters. The first-order valence-electron chi connectivity index (χ1n) is 9.69. The van der Waals surface area contributed by atoms with Crippen LogP contribution in [0.3, 0.4) is 0 Å². The average molecular weight is 453 g/mol. The van der Waals surface area contributed by atoms with E-state index in [1.54, 1.807) is 12.1 Å². The largest absolute Gasteiger partial charge is 1.00 e. The minimum Gasteiger partial charge on any atom is -0.748 e. The normalized spacial score (nSPS) is 12.0. The molecule has 0 fully saturated rings. The first kappa shape index (κ1) is 28.7. The molecular formula is C20H29KO7S. The number of carbonyl (C=O) groups is 2. The third kappa shape index (κ3) is 11.0. The van der Waals surface area contributed by atoms with E-state index < -0.39 is 33.9 Å². The number of benzene rings is 1. The van der Waals surface area contributed by atoms with Crippen LogP contribution in [0, 0.1) is 0 Å². The van der Waals surface area contributed by atoms with Crippen molar-refractivity contribution in [3.05, 3.63) is 35.4 Å². The van der Waals surface area contributed by atoms with Crippen molar-refractivity contribution < 1.29 is 83.4 Å². The van der Waals surface area contributed by atoms with E-state index in [-0.39, 0.29) is 75.5 Å². The van der Waals surface area contributed by atoms with Crippen molar-refractivity contribution in [1.29, 1.82) is 0 Å². The molecule has 0 bridgehead atoms.